The van der Waals surface area contributed by atoms with Gasteiger partial charge in [0.1, 0.15) is 0 Å². The molecule has 0 amide bonds. The Morgan fingerprint density at radius 2 is 1.71 bits per heavy atom. The maximum Gasteiger partial charge on any atom is 0.213 e. The number of H-pyrrole nitrogens is 1. The monoisotopic (exact) mass is 438 g/mol. The molecule has 2 aliphatic rings. The first-order chi connectivity index (χ1) is 15.0. The highest BCUT2D eigenvalue weighted by atomic mass is 32.2. The number of anilines is 1. The number of nitrogens with one attached hydrogen (secondary N) is 2. The Labute approximate surface area is 184 Å². The van der Waals surface area contributed by atoms with E-state index < -0.39 is 10.0 Å². The first-order valence-corrected chi connectivity index (χ1v) is 12.8. The summed E-state index contributed by atoms with van der Waals surface area (Å²) in [7, 11) is -3.10. The molecule has 1 fully saturated rings. The lowest BCUT2D eigenvalue weighted by atomic mass is 9.91. The number of piperazine rings is 1. The largest absolute Gasteiger partial charge is 0.369 e. The van der Waals surface area contributed by atoms with E-state index in [4.69, 9.17) is 0 Å². The molecule has 2 N–H and O–H groups in total. The Bertz CT molecular complexity index is 1180. The molecule has 2 aromatic carbocycles. The van der Waals surface area contributed by atoms with Gasteiger partial charge in [-0.05, 0) is 49.6 Å². The highest BCUT2D eigenvalue weighted by molar-refractivity contribution is 7.89. The average molecular weight is 439 g/mol. The van der Waals surface area contributed by atoms with E-state index in [1.165, 1.54) is 27.7 Å². The molecule has 0 aliphatic carbocycles. The molecule has 0 saturated carbocycles. The van der Waals surface area contributed by atoms with E-state index in [2.05, 4.69) is 70.7 Å². The van der Waals surface area contributed by atoms with Crippen LogP contribution in [-0.4, -0.2) is 55.7 Å². The number of fused-ring (bicyclic) bond motifs is 3. The van der Waals surface area contributed by atoms with E-state index in [1.807, 2.05) is 0 Å². The zero-order chi connectivity index (χ0) is 21.6. The van der Waals surface area contributed by atoms with Gasteiger partial charge in [0.25, 0.3) is 0 Å². The quantitative estimate of drug-likeness (QED) is 0.656. The molecule has 1 aromatic heterocycles. The Morgan fingerprint density at radius 1 is 1.00 bits per heavy atom. The first kappa shape index (κ1) is 20.5. The van der Waals surface area contributed by atoms with Crippen molar-refractivity contribution in [1.82, 2.24) is 14.6 Å². The molecule has 0 bridgehead atoms. The number of rotatable bonds is 4. The van der Waals surface area contributed by atoms with E-state index in [-0.39, 0.29) is 11.8 Å². The maximum absolute atomic E-state index is 12.1. The van der Waals surface area contributed by atoms with Crippen molar-refractivity contribution in [1.29, 1.82) is 0 Å². The smallest absolute Gasteiger partial charge is 0.213 e. The normalized spacial score (nSPS) is 22.6. The van der Waals surface area contributed by atoms with Gasteiger partial charge in [-0.3, -0.25) is 0 Å². The first-order valence-electron chi connectivity index (χ1n) is 11.1. The van der Waals surface area contributed by atoms with Crippen LogP contribution < -0.4 is 10.2 Å². The predicted molar refractivity (Wildman–Crippen MR) is 126 cm³/mol. The highest BCUT2D eigenvalue weighted by Crippen LogP contribution is 2.35. The topological polar surface area (TPSA) is 68.4 Å². The Hall–Kier alpha value is -2.35. The van der Waals surface area contributed by atoms with Gasteiger partial charge in [0.15, 0.2) is 0 Å². The fraction of sp³-hybridized carbons (Fsp3) is 0.417. The standard InChI is InChI=1S/C24H30N4O2S/c1-3-31(29,30)28-14-12-27(13-15-28)19-10-8-18(9-11-19)23-24-21(16-17(2)25-23)20-6-4-5-7-22(20)26-24/h4-11,17,23,25-26H,3,12-16H2,1-2H3/t17-,23-/m0/s1. The van der Waals surface area contributed by atoms with Gasteiger partial charge >= 0.3 is 0 Å². The van der Waals surface area contributed by atoms with E-state index in [1.54, 1.807) is 11.2 Å². The Morgan fingerprint density at radius 3 is 2.42 bits per heavy atom. The van der Waals surface area contributed by atoms with E-state index in [9.17, 15) is 8.42 Å². The van der Waals surface area contributed by atoms with Crippen molar-refractivity contribution in [2.24, 2.45) is 0 Å². The number of sulfonamides is 1. The molecule has 5 rings (SSSR count). The van der Waals surface area contributed by atoms with Gasteiger partial charge in [0.2, 0.25) is 10.0 Å². The van der Waals surface area contributed by atoms with Crippen LogP contribution in [0.2, 0.25) is 0 Å². The van der Waals surface area contributed by atoms with Crippen LogP contribution in [0.15, 0.2) is 48.5 Å². The lowest BCUT2D eigenvalue weighted by Gasteiger charge is -2.35. The molecule has 2 aliphatic heterocycles. The zero-order valence-corrected chi connectivity index (χ0v) is 19.0. The van der Waals surface area contributed by atoms with Crippen LogP contribution >= 0.6 is 0 Å². The van der Waals surface area contributed by atoms with Gasteiger partial charge in [-0.15, -0.1) is 0 Å². The van der Waals surface area contributed by atoms with Gasteiger partial charge in [-0.25, -0.2) is 8.42 Å². The maximum atomic E-state index is 12.1. The van der Waals surface area contributed by atoms with Gasteiger partial charge in [0.05, 0.1) is 11.8 Å². The predicted octanol–water partition coefficient (Wildman–Crippen LogP) is 3.26. The summed E-state index contributed by atoms with van der Waals surface area (Å²) in [6.45, 7) is 6.51. The molecule has 2 atom stereocenters. The third-order valence-corrected chi connectivity index (χ3v) is 8.57. The fourth-order valence-corrected chi connectivity index (χ4v) is 6.05. The molecule has 164 valence electrons. The summed E-state index contributed by atoms with van der Waals surface area (Å²) >= 11 is 0. The number of aromatic amines is 1. The molecule has 0 unspecified atom stereocenters. The van der Waals surface area contributed by atoms with Gasteiger partial charge in [-0.1, -0.05) is 30.3 Å². The van der Waals surface area contributed by atoms with Crippen molar-refractivity contribution in [3.8, 4) is 0 Å². The summed E-state index contributed by atoms with van der Waals surface area (Å²) in [5.41, 5.74) is 6.29. The van der Waals surface area contributed by atoms with Gasteiger partial charge < -0.3 is 15.2 Å². The van der Waals surface area contributed by atoms with Crippen molar-refractivity contribution in [3.05, 3.63) is 65.4 Å². The summed E-state index contributed by atoms with van der Waals surface area (Å²) in [5.74, 6) is 0.171. The molecule has 3 aromatic rings. The third-order valence-electron chi connectivity index (χ3n) is 6.69. The minimum atomic E-state index is -3.10. The van der Waals surface area contributed by atoms with Crippen molar-refractivity contribution >= 4 is 26.6 Å². The molecule has 0 radical (unpaired) electrons. The Balaban J connectivity index is 1.37. The summed E-state index contributed by atoms with van der Waals surface area (Å²) in [5, 5.41) is 5.09. The van der Waals surface area contributed by atoms with Crippen LogP contribution in [0.4, 0.5) is 5.69 Å². The second kappa shape index (κ2) is 7.97. The van der Waals surface area contributed by atoms with Crippen molar-refractivity contribution in [2.75, 3.05) is 36.8 Å². The summed E-state index contributed by atoms with van der Waals surface area (Å²) in [6.07, 6.45) is 1.03. The lowest BCUT2D eigenvalue weighted by molar-refractivity contribution is 0.385. The van der Waals surface area contributed by atoms with E-state index in [0.717, 1.165) is 25.2 Å². The molecule has 0 spiro atoms. The molecule has 7 heteroatoms. The number of hydrogen-bond donors (Lipinski definition) is 2. The highest BCUT2D eigenvalue weighted by Gasteiger charge is 2.29. The number of aromatic nitrogens is 1. The number of benzene rings is 2. The van der Waals surface area contributed by atoms with Crippen LogP contribution in [0.3, 0.4) is 0 Å². The lowest BCUT2D eigenvalue weighted by Crippen LogP contribution is -2.49. The van der Waals surface area contributed by atoms with E-state index in [0.29, 0.717) is 19.1 Å². The minimum absolute atomic E-state index is 0.145. The Kier molecular flexibility index (Phi) is 5.28. The van der Waals surface area contributed by atoms with Crippen LogP contribution in [0.25, 0.3) is 10.9 Å². The average Bonchev–Trinajstić information content (AvgIpc) is 3.17. The number of para-hydroxylation sites is 1. The van der Waals surface area contributed by atoms with Crippen LogP contribution in [0.5, 0.6) is 0 Å². The van der Waals surface area contributed by atoms with E-state index >= 15 is 0 Å². The molecule has 1 saturated heterocycles. The molecule has 3 heterocycles. The van der Waals surface area contributed by atoms with Crippen LogP contribution in [-0.2, 0) is 16.4 Å². The van der Waals surface area contributed by atoms with Crippen molar-refractivity contribution < 1.29 is 8.42 Å². The van der Waals surface area contributed by atoms with Crippen molar-refractivity contribution in [2.45, 2.75) is 32.4 Å². The van der Waals surface area contributed by atoms with Crippen molar-refractivity contribution in [3.63, 3.8) is 0 Å². The summed E-state index contributed by atoms with van der Waals surface area (Å²) < 4.78 is 25.8. The van der Waals surface area contributed by atoms with Gasteiger partial charge in [0, 0.05) is 54.5 Å². The molecule has 6 nitrogen and oxygen atoms in total. The number of hydrogen-bond acceptors (Lipinski definition) is 4. The zero-order valence-electron chi connectivity index (χ0n) is 18.1. The fourth-order valence-electron chi connectivity index (χ4n) is 4.97. The summed E-state index contributed by atoms with van der Waals surface area (Å²) in [6, 6.07) is 17.8. The van der Waals surface area contributed by atoms with Crippen LogP contribution in [0, 0.1) is 0 Å². The second-order valence-electron chi connectivity index (χ2n) is 8.65. The van der Waals surface area contributed by atoms with Crippen LogP contribution in [0.1, 0.15) is 36.7 Å². The second-order valence-corrected chi connectivity index (χ2v) is 10.9. The molecular formula is C24H30N4O2S. The SMILES string of the molecule is CCS(=O)(=O)N1CCN(c2ccc([C@@H]3N[C@@H](C)Cc4c3[nH]c3ccccc43)cc2)CC1. The molecule has 31 heavy (non-hydrogen) atoms. The number of nitrogens with zero attached hydrogens (tertiary/aromatic N) is 2. The molecular weight excluding hydrogens is 408 g/mol. The summed E-state index contributed by atoms with van der Waals surface area (Å²) in [4.78, 5) is 5.93. The minimum Gasteiger partial charge on any atom is -0.369 e. The van der Waals surface area contributed by atoms with Gasteiger partial charge in [-0.2, -0.15) is 4.31 Å². The third kappa shape index (κ3) is 3.75.